The largest absolute Gasteiger partial charge is 0.490 e. The molecule has 6 rings (SSSR count). The van der Waals surface area contributed by atoms with Gasteiger partial charge in [0, 0.05) is 55.9 Å². The third-order valence-corrected chi connectivity index (χ3v) is 8.93. The number of hydrogen-bond donors (Lipinski definition) is 2. The summed E-state index contributed by atoms with van der Waals surface area (Å²) >= 11 is 1.08. The molecular weight excluding hydrogens is 654 g/mol. The maximum absolute atomic E-state index is 13.8. The van der Waals surface area contributed by atoms with Gasteiger partial charge in [0.15, 0.2) is 5.82 Å². The van der Waals surface area contributed by atoms with Gasteiger partial charge in [-0.2, -0.15) is 18.3 Å². The zero-order chi connectivity index (χ0) is 34.1. The first-order valence-corrected chi connectivity index (χ1v) is 16.0. The summed E-state index contributed by atoms with van der Waals surface area (Å²) < 4.78 is 58.5. The topological polar surface area (TPSA) is 148 Å². The number of amides is 2. The Bertz CT molecular complexity index is 1790. The minimum Gasteiger partial charge on any atom is -0.490 e. The number of anilines is 2. The molecule has 12 nitrogen and oxygen atoms in total. The van der Waals surface area contributed by atoms with E-state index in [-0.39, 0.29) is 41.6 Å². The second-order valence-corrected chi connectivity index (χ2v) is 13.1. The van der Waals surface area contributed by atoms with E-state index in [1.807, 2.05) is 4.90 Å². The summed E-state index contributed by atoms with van der Waals surface area (Å²) in [5.41, 5.74) is -0.0407. The van der Waals surface area contributed by atoms with Gasteiger partial charge < -0.3 is 20.3 Å². The number of halogens is 4. The lowest BCUT2D eigenvalue weighted by atomic mass is 9.81. The van der Waals surface area contributed by atoms with Crippen molar-refractivity contribution in [2.45, 2.75) is 69.9 Å². The molecule has 0 radical (unpaired) electrons. The van der Waals surface area contributed by atoms with Crippen LogP contribution in [0.3, 0.4) is 0 Å². The normalized spacial score (nSPS) is 20.7. The third-order valence-electron chi connectivity index (χ3n) is 7.94. The Balaban J connectivity index is 0.981. The van der Waals surface area contributed by atoms with E-state index in [1.54, 1.807) is 38.1 Å². The van der Waals surface area contributed by atoms with Crippen molar-refractivity contribution in [3.05, 3.63) is 75.9 Å². The molecule has 0 spiro atoms. The van der Waals surface area contributed by atoms with Crippen LogP contribution in [0.5, 0.6) is 5.75 Å². The van der Waals surface area contributed by atoms with Crippen LogP contribution in [0.1, 0.15) is 70.2 Å². The van der Waals surface area contributed by atoms with Gasteiger partial charge in [-0.1, -0.05) is 11.3 Å². The first-order valence-electron chi connectivity index (χ1n) is 15.1. The standard InChI is InChI=1S/C31H31F4N9O3S/c1-17-9-22(47-23-13-30(2,32)14-23)11-20(38-17)12-26(45)39-25-4-3-24(40-41-25)18-6-8-44(16-18)29-43-42-28(48-29)27(46)37-15-21-10-19(5-7-36-21)31(33,34)35/h3-5,7,9-11,18,23H,6,8,12-16H2,1-2H3,(H,37,46)(H,39,41,45). The van der Waals surface area contributed by atoms with Crippen LogP contribution >= 0.6 is 11.3 Å². The Labute approximate surface area is 276 Å². The van der Waals surface area contributed by atoms with Gasteiger partial charge in [-0.15, -0.1) is 15.3 Å². The molecule has 1 aliphatic heterocycles. The van der Waals surface area contributed by atoms with Gasteiger partial charge in [0.2, 0.25) is 16.0 Å². The molecule has 4 aromatic rings. The smallest absolute Gasteiger partial charge is 0.416 e. The molecule has 17 heteroatoms. The molecule has 1 saturated heterocycles. The first kappa shape index (κ1) is 33.1. The molecule has 1 aliphatic carbocycles. The van der Waals surface area contributed by atoms with Crippen molar-refractivity contribution in [1.29, 1.82) is 0 Å². The predicted molar refractivity (Wildman–Crippen MR) is 166 cm³/mol. The van der Waals surface area contributed by atoms with Crippen LogP contribution in [0, 0.1) is 6.92 Å². The molecule has 2 fully saturated rings. The van der Waals surface area contributed by atoms with Gasteiger partial charge >= 0.3 is 6.18 Å². The Morgan fingerprint density at radius 2 is 1.90 bits per heavy atom. The number of nitrogens with one attached hydrogen (secondary N) is 2. The van der Waals surface area contributed by atoms with Crippen molar-refractivity contribution < 1.29 is 31.9 Å². The van der Waals surface area contributed by atoms with E-state index in [0.717, 1.165) is 41.8 Å². The second kappa shape index (κ2) is 13.4. The zero-order valence-corrected chi connectivity index (χ0v) is 26.7. The van der Waals surface area contributed by atoms with E-state index in [2.05, 4.69) is 41.0 Å². The minimum atomic E-state index is -4.51. The summed E-state index contributed by atoms with van der Waals surface area (Å²) in [6.45, 7) is 4.35. The van der Waals surface area contributed by atoms with Gasteiger partial charge in [0.05, 0.1) is 35.6 Å². The molecule has 2 amide bonds. The molecule has 4 aromatic heterocycles. The molecule has 2 N–H and O–H groups in total. The van der Waals surface area contributed by atoms with Crippen LogP contribution in [0.15, 0.2) is 42.6 Å². The average molecular weight is 686 g/mol. The maximum atomic E-state index is 13.8. The number of carbonyl (C=O) groups is 2. The fourth-order valence-corrected chi connectivity index (χ4v) is 6.41. The number of aryl methyl sites for hydroxylation is 1. The number of aromatic nitrogens is 6. The molecular formula is C31H31F4N9O3S. The summed E-state index contributed by atoms with van der Waals surface area (Å²) in [5, 5.41) is 22.4. The van der Waals surface area contributed by atoms with Crippen LogP contribution in [-0.4, -0.2) is 67.0 Å². The van der Waals surface area contributed by atoms with E-state index >= 15 is 0 Å². The van der Waals surface area contributed by atoms with Crippen molar-refractivity contribution in [2.24, 2.45) is 0 Å². The van der Waals surface area contributed by atoms with Crippen molar-refractivity contribution in [3.8, 4) is 5.75 Å². The summed E-state index contributed by atoms with van der Waals surface area (Å²) in [4.78, 5) is 35.6. The highest BCUT2D eigenvalue weighted by atomic mass is 32.1. The summed E-state index contributed by atoms with van der Waals surface area (Å²) in [6, 6.07) is 8.67. The number of pyridine rings is 2. The van der Waals surface area contributed by atoms with Crippen molar-refractivity contribution in [3.63, 3.8) is 0 Å². The van der Waals surface area contributed by atoms with Gasteiger partial charge in [-0.25, -0.2) is 4.39 Å². The molecule has 2 aliphatic rings. The van der Waals surface area contributed by atoms with E-state index < -0.39 is 23.3 Å². The third kappa shape index (κ3) is 8.18. The second-order valence-electron chi connectivity index (χ2n) is 12.1. The minimum absolute atomic E-state index is 0.00541. The molecule has 5 heterocycles. The first-order chi connectivity index (χ1) is 22.8. The fourth-order valence-electron chi connectivity index (χ4n) is 5.61. The number of rotatable bonds is 10. The lowest BCUT2D eigenvalue weighted by Crippen LogP contribution is -2.44. The van der Waals surface area contributed by atoms with Crippen molar-refractivity contribution >= 4 is 34.1 Å². The number of hydrogen-bond acceptors (Lipinski definition) is 11. The molecule has 48 heavy (non-hydrogen) atoms. The highest BCUT2D eigenvalue weighted by molar-refractivity contribution is 7.17. The Morgan fingerprint density at radius 3 is 2.62 bits per heavy atom. The molecule has 1 unspecified atom stereocenters. The van der Waals surface area contributed by atoms with Crippen LogP contribution in [0.2, 0.25) is 0 Å². The van der Waals surface area contributed by atoms with Gasteiger partial charge in [0.1, 0.15) is 17.5 Å². The monoisotopic (exact) mass is 685 g/mol. The Kier molecular flexibility index (Phi) is 9.22. The highest BCUT2D eigenvalue weighted by Gasteiger charge is 2.42. The lowest BCUT2D eigenvalue weighted by molar-refractivity contribution is -0.137. The SMILES string of the molecule is Cc1cc(OC2CC(C)(F)C2)cc(CC(=O)Nc2ccc(C3CCN(c4nnc(C(=O)NCc5cc(C(F)(F)F)ccn5)s4)C3)nn2)n1. The molecule has 252 valence electrons. The maximum Gasteiger partial charge on any atom is 0.416 e. The molecule has 1 saturated carbocycles. The Morgan fingerprint density at radius 1 is 1.08 bits per heavy atom. The number of nitrogens with zero attached hydrogens (tertiary/aromatic N) is 7. The van der Waals surface area contributed by atoms with Crippen LogP contribution in [-0.2, 0) is 23.9 Å². The van der Waals surface area contributed by atoms with Crippen molar-refractivity contribution in [1.82, 2.24) is 35.7 Å². The Hall–Kier alpha value is -4.80. The number of ether oxygens (including phenoxy) is 1. The summed E-state index contributed by atoms with van der Waals surface area (Å²) in [6.07, 6.45) is -2.26. The van der Waals surface area contributed by atoms with Gasteiger partial charge in [-0.3, -0.25) is 19.6 Å². The number of alkyl halides is 4. The van der Waals surface area contributed by atoms with Crippen LogP contribution in [0.25, 0.3) is 0 Å². The van der Waals surface area contributed by atoms with Crippen LogP contribution in [0.4, 0.5) is 28.5 Å². The van der Waals surface area contributed by atoms with E-state index in [9.17, 15) is 27.2 Å². The van der Waals surface area contributed by atoms with E-state index in [1.165, 1.54) is 0 Å². The van der Waals surface area contributed by atoms with Crippen LogP contribution < -0.4 is 20.3 Å². The average Bonchev–Trinajstić information content (AvgIpc) is 3.70. The zero-order valence-electron chi connectivity index (χ0n) is 25.9. The van der Waals surface area contributed by atoms with Crippen molar-refractivity contribution in [2.75, 3.05) is 23.3 Å². The quantitative estimate of drug-likeness (QED) is 0.223. The van der Waals surface area contributed by atoms with Gasteiger partial charge in [-0.05, 0) is 44.5 Å². The highest BCUT2D eigenvalue weighted by Crippen LogP contribution is 2.38. The van der Waals surface area contributed by atoms with E-state index in [4.69, 9.17) is 4.74 Å². The fraction of sp³-hybridized carbons (Fsp3) is 0.419. The molecule has 1 atom stereocenters. The van der Waals surface area contributed by atoms with E-state index in [0.29, 0.717) is 54.0 Å². The van der Waals surface area contributed by atoms with Gasteiger partial charge in [0.25, 0.3) is 5.91 Å². The number of carbonyl (C=O) groups excluding carboxylic acids is 2. The predicted octanol–water partition coefficient (Wildman–Crippen LogP) is 4.82. The summed E-state index contributed by atoms with van der Waals surface area (Å²) in [7, 11) is 0. The molecule has 0 aromatic carbocycles. The molecule has 0 bridgehead atoms. The lowest BCUT2D eigenvalue weighted by Gasteiger charge is -2.38. The summed E-state index contributed by atoms with van der Waals surface area (Å²) in [5.74, 6) is -0.0187.